The number of rotatable bonds is 8. The van der Waals surface area contributed by atoms with Gasteiger partial charge in [0.15, 0.2) is 0 Å². The molecule has 0 aliphatic carbocycles. The van der Waals surface area contributed by atoms with Crippen LogP contribution < -0.4 is 10.6 Å². The molecule has 9 nitrogen and oxygen atoms in total. The fourth-order valence-electron chi connectivity index (χ4n) is 3.76. The number of carboxylic acid groups (broad SMARTS) is 1. The summed E-state index contributed by atoms with van der Waals surface area (Å²) in [5.41, 5.74) is 2.23. The van der Waals surface area contributed by atoms with Gasteiger partial charge in [0.2, 0.25) is 0 Å². The summed E-state index contributed by atoms with van der Waals surface area (Å²) in [6.45, 7) is 3.49. The largest absolute Gasteiger partial charge is 0.465 e. The standard InChI is InChI=1S/C24H30N4O5/c1-16(17-7-4-3-5-8-17)20-13-18(14-21(27-20)23(30)25-2)22(29)26-10-6-9-19-15-28(24(31)32)11-12-33-19/h3-5,7-8,13-14,16,19H,6,9-12,15H2,1-2H3,(H,25,30)(H,26,29)(H,31,32)/t16-,19?/m1/s1. The van der Waals surface area contributed by atoms with E-state index in [1.54, 1.807) is 6.07 Å². The van der Waals surface area contributed by atoms with Crippen molar-refractivity contribution in [3.8, 4) is 0 Å². The maximum absolute atomic E-state index is 12.8. The van der Waals surface area contributed by atoms with Gasteiger partial charge in [-0.3, -0.25) is 9.59 Å². The van der Waals surface area contributed by atoms with E-state index < -0.39 is 6.09 Å². The van der Waals surface area contributed by atoms with E-state index in [9.17, 15) is 14.4 Å². The van der Waals surface area contributed by atoms with Crippen molar-refractivity contribution in [3.05, 3.63) is 65.0 Å². The molecule has 0 bridgehead atoms. The molecule has 1 aliphatic heterocycles. The molecule has 3 N–H and O–H groups in total. The van der Waals surface area contributed by atoms with Gasteiger partial charge in [-0.15, -0.1) is 0 Å². The van der Waals surface area contributed by atoms with Crippen LogP contribution in [0.15, 0.2) is 42.5 Å². The predicted molar refractivity (Wildman–Crippen MR) is 122 cm³/mol. The van der Waals surface area contributed by atoms with Gasteiger partial charge in [-0.25, -0.2) is 9.78 Å². The molecular weight excluding hydrogens is 424 g/mol. The van der Waals surface area contributed by atoms with Crippen molar-refractivity contribution in [2.24, 2.45) is 0 Å². The normalized spacial score (nSPS) is 16.7. The summed E-state index contributed by atoms with van der Waals surface area (Å²) in [7, 11) is 1.52. The molecule has 2 atom stereocenters. The Morgan fingerprint density at radius 2 is 1.97 bits per heavy atom. The summed E-state index contributed by atoms with van der Waals surface area (Å²) < 4.78 is 5.62. The van der Waals surface area contributed by atoms with Crippen molar-refractivity contribution >= 4 is 17.9 Å². The molecule has 33 heavy (non-hydrogen) atoms. The molecule has 2 heterocycles. The summed E-state index contributed by atoms with van der Waals surface area (Å²) in [6, 6.07) is 13.0. The van der Waals surface area contributed by atoms with Crippen LogP contribution in [0.1, 0.15) is 57.8 Å². The third-order valence-electron chi connectivity index (χ3n) is 5.71. The third-order valence-corrected chi connectivity index (χ3v) is 5.71. The number of ether oxygens (including phenoxy) is 1. The van der Waals surface area contributed by atoms with Crippen LogP contribution in [0.3, 0.4) is 0 Å². The smallest absolute Gasteiger partial charge is 0.407 e. The number of carbonyl (C=O) groups excluding carboxylic acids is 2. The van der Waals surface area contributed by atoms with Crippen LogP contribution in [0.4, 0.5) is 4.79 Å². The Hall–Kier alpha value is -3.46. The number of morpholine rings is 1. The van der Waals surface area contributed by atoms with Gasteiger partial charge in [0, 0.05) is 37.3 Å². The quantitative estimate of drug-likeness (QED) is 0.527. The molecule has 1 saturated heterocycles. The highest BCUT2D eigenvalue weighted by Gasteiger charge is 2.23. The minimum absolute atomic E-state index is 0.0945. The number of amides is 3. The topological polar surface area (TPSA) is 121 Å². The van der Waals surface area contributed by atoms with Crippen LogP contribution in [-0.2, 0) is 4.74 Å². The second-order valence-electron chi connectivity index (χ2n) is 8.00. The van der Waals surface area contributed by atoms with Gasteiger partial charge >= 0.3 is 6.09 Å². The van der Waals surface area contributed by atoms with Gasteiger partial charge in [0.05, 0.1) is 19.3 Å². The Morgan fingerprint density at radius 3 is 2.67 bits per heavy atom. The lowest BCUT2D eigenvalue weighted by Gasteiger charge is -2.31. The molecule has 0 spiro atoms. The minimum atomic E-state index is -0.943. The molecule has 2 aromatic rings. The number of nitrogens with zero attached hydrogens (tertiary/aromatic N) is 2. The molecule has 1 unspecified atom stereocenters. The van der Waals surface area contributed by atoms with Gasteiger partial charge in [-0.1, -0.05) is 37.3 Å². The molecule has 1 aromatic carbocycles. The van der Waals surface area contributed by atoms with Crippen LogP contribution in [-0.4, -0.2) is 72.3 Å². The zero-order chi connectivity index (χ0) is 23.8. The van der Waals surface area contributed by atoms with Crippen LogP contribution in [0.25, 0.3) is 0 Å². The van der Waals surface area contributed by atoms with E-state index in [0.29, 0.717) is 50.3 Å². The van der Waals surface area contributed by atoms with E-state index in [-0.39, 0.29) is 29.5 Å². The molecular formula is C24H30N4O5. The number of aromatic nitrogens is 1. The minimum Gasteiger partial charge on any atom is -0.465 e. The number of hydrogen-bond donors (Lipinski definition) is 3. The lowest BCUT2D eigenvalue weighted by Crippen LogP contribution is -2.45. The SMILES string of the molecule is CNC(=O)c1cc(C(=O)NCCCC2CN(C(=O)O)CCO2)cc([C@H](C)c2ccccc2)n1. The van der Waals surface area contributed by atoms with Crippen LogP contribution in [0.5, 0.6) is 0 Å². The Morgan fingerprint density at radius 1 is 1.21 bits per heavy atom. The monoisotopic (exact) mass is 454 g/mol. The second kappa shape index (κ2) is 11.4. The summed E-state index contributed by atoms with van der Waals surface area (Å²) >= 11 is 0. The first kappa shape index (κ1) is 24.2. The zero-order valence-electron chi connectivity index (χ0n) is 18.9. The molecule has 9 heteroatoms. The van der Waals surface area contributed by atoms with Crippen molar-refractivity contribution in [2.75, 3.05) is 33.3 Å². The molecule has 176 valence electrons. The highest BCUT2D eigenvalue weighted by atomic mass is 16.5. The lowest BCUT2D eigenvalue weighted by atomic mass is 9.96. The fraction of sp³-hybridized carbons (Fsp3) is 0.417. The average Bonchev–Trinajstić information content (AvgIpc) is 2.85. The predicted octanol–water partition coefficient (Wildman–Crippen LogP) is 2.48. The first-order valence-electron chi connectivity index (χ1n) is 11.1. The van der Waals surface area contributed by atoms with Crippen LogP contribution in [0.2, 0.25) is 0 Å². The molecule has 1 aliphatic rings. The maximum Gasteiger partial charge on any atom is 0.407 e. The zero-order valence-corrected chi connectivity index (χ0v) is 18.9. The van der Waals surface area contributed by atoms with Crippen molar-refractivity contribution in [3.63, 3.8) is 0 Å². The van der Waals surface area contributed by atoms with E-state index in [0.717, 1.165) is 5.56 Å². The van der Waals surface area contributed by atoms with Crippen LogP contribution in [0, 0.1) is 0 Å². The van der Waals surface area contributed by atoms with E-state index in [2.05, 4.69) is 15.6 Å². The lowest BCUT2D eigenvalue weighted by molar-refractivity contribution is -0.0259. The number of nitrogens with one attached hydrogen (secondary N) is 2. The van der Waals surface area contributed by atoms with Gasteiger partial charge in [-0.05, 0) is 30.5 Å². The first-order valence-corrected chi connectivity index (χ1v) is 11.1. The fourth-order valence-corrected chi connectivity index (χ4v) is 3.76. The Labute approximate surface area is 193 Å². The van der Waals surface area contributed by atoms with Gasteiger partial charge in [-0.2, -0.15) is 0 Å². The van der Waals surface area contributed by atoms with Crippen molar-refractivity contribution in [2.45, 2.75) is 31.8 Å². The molecule has 3 rings (SSSR count). The number of carbonyl (C=O) groups is 3. The van der Waals surface area contributed by atoms with Gasteiger partial charge < -0.3 is 25.4 Å². The first-order chi connectivity index (χ1) is 15.9. The summed E-state index contributed by atoms with van der Waals surface area (Å²) in [5.74, 6) is -0.743. The van der Waals surface area contributed by atoms with E-state index in [1.165, 1.54) is 18.0 Å². The van der Waals surface area contributed by atoms with Crippen molar-refractivity contribution in [1.29, 1.82) is 0 Å². The van der Waals surface area contributed by atoms with Crippen molar-refractivity contribution < 1.29 is 24.2 Å². The third kappa shape index (κ3) is 6.52. The Balaban J connectivity index is 1.64. The molecule has 1 fully saturated rings. The van der Waals surface area contributed by atoms with E-state index in [1.807, 2.05) is 37.3 Å². The Bertz CT molecular complexity index is 982. The summed E-state index contributed by atoms with van der Waals surface area (Å²) in [5, 5.41) is 14.6. The average molecular weight is 455 g/mol. The van der Waals surface area contributed by atoms with Crippen LogP contribution >= 0.6 is 0 Å². The maximum atomic E-state index is 12.8. The summed E-state index contributed by atoms with van der Waals surface area (Å²) in [6.07, 6.45) is 0.164. The number of pyridine rings is 1. The summed E-state index contributed by atoms with van der Waals surface area (Å²) in [4.78, 5) is 42.0. The van der Waals surface area contributed by atoms with Crippen molar-refractivity contribution in [1.82, 2.24) is 20.5 Å². The van der Waals surface area contributed by atoms with Gasteiger partial charge in [0.1, 0.15) is 5.69 Å². The van der Waals surface area contributed by atoms with E-state index >= 15 is 0 Å². The number of benzene rings is 1. The molecule has 0 saturated carbocycles. The van der Waals surface area contributed by atoms with Gasteiger partial charge in [0.25, 0.3) is 11.8 Å². The molecule has 1 aromatic heterocycles. The van der Waals surface area contributed by atoms with E-state index in [4.69, 9.17) is 9.84 Å². The highest BCUT2D eigenvalue weighted by molar-refractivity contribution is 5.98. The second-order valence-corrected chi connectivity index (χ2v) is 8.00. The highest BCUT2D eigenvalue weighted by Crippen LogP contribution is 2.23. The Kier molecular flexibility index (Phi) is 8.37. The molecule has 3 amide bonds. The molecule has 0 radical (unpaired) electrons. The number of hydrogen-bond acceptors (Lipinski definition) is 5.